The van der Waals surface area contributed by atoms with E-state index in [0.717, 1.165) is 21.6 Å². The van der Waals surface area contributed by atoms with Gasteiger partial charge in [0, 0.05) is 11.1 Å². The summed E-state index contributed by atoms with van der Waals surface area (Å²) in [6.07, 6.45) is -6.24. The fourth-order valence-electron chi connectivity index (χ4n) is 2.38. The second-order valence-corrected chi connectivity index (χ2v) is 7.71. The molecule has 1 aromatic carbocycles. The number of aliphatic hydroxyl groups is 1. The Morgan fingerprint density at radius 1 is 1.27 bits per heavy atom. The number of fused-ring (bicyclic) bond motifs is 1. The first kappa shape index (κ1) is 18.7. The van der Waals surface area contributed by atoms with Crippen molar-refractivity contribution >= 4 is 43.9 Å². The highest BCUT2D eigenvalue weighted by molar-refractivity contribution is 7.22. The number of hydrogen-bond acceptors (Lipinski definition) is 6. The van der Waals surface area contributed by atoms with Crippen LogP contribution in [0, 0.1) is 13.8 Å². The van der Waals surface area contributed by atoms with Crippen molar-refractivity contribution in [1.82, 2.24) is 9.97 Å². The van der Waals surface area contributed by atoms with Crippen LogP contribution in [0.5, 0.6) is 0 Å². The SMILES string of the molecule is Cc1csc(C(O)(CC(=O)Nc2nc3c(C)cccc3s2)C(F)(F)F)n1. The summed E-state index contributed by atoms with van der Waals surface area (Å²) in [5.74, 6) is -0.991. The van der Waals surface area contributed by atoms with Gasteiger partial charge in [-0.1, -0.05) is 23.5 Å². The first-order chi connectivity index (χ1) is 12.1. The molecule has 0 aliphatic rings. The van der Waals surface area contributed by atoms with Gasteiger partial charge in [0.2, 0.25) is 11.5 Å². The van der Waals surface area contributed by atoms with Crippen molar-refractivity contribution in [2.24, 2.45) is 0 Å². The highest BCUT2D eigenvalue weighted by atomic mass is 32.1. The van der Waals surface area contributed by atoms with Gasteiger partial charge in [0.05, 0.1) is 16.6 Å². The highest BCUT2D eigenvalue weighted by Crippen LogP contribution is 2.43. The van der Waals surface area contributed by atoms with Crippen molar-refractivity contribution in [2.75, 3.05) is 5.32 Å². The van der Waals surface area contributed by atoms with Crippen LogP contribution in [-0.2, 0) is 10.4 Å². The molecule has 0 bridgehead atoms. The Kier molecular flexibility index (Phi) is 4.76. The van der Waals surface area contributed by atoms with Crippen LogP contribution >= 0.6 is 22.7 Å². The standard InChI is InChI=1S/C16H14F3N3O2S2/c1-8-4-3-5-10-12(8)22-14(26-10)21-11(23)6-15(24,16(17,18)19)13-20-9(2)7-25-13/h3-5,7,24H,6H2,1-2H3,(H,21,22,23). The lowest BCUT2D eigenvalue weighted by molar-refractivity contribution is -0.266. The summed E-state index contributed by atoms with van der Waals surface area (Å²) in [6, 6.07) is 5.48. The third-order valence-corrected chi connectivity index (χ3v) is 5.77. The summed E-state index contributed by atoms with van der Waals surface area (Å²) in [5.41, 5.74) is -1.43. The van der Waals surface area contributed by atoms with Gasteiger partial charge >= 0.3 is 6.18 Å². The van der Waals surface area contributed by atoms with E-state index >= 15 is 0 Å². The number of aryl methyl sites for hydroxylation is 2. The maximum absolute atomic E-state index is 13.4. The van der Waals surface area contributed by atoms with Gasteiger partial charge in [0.15, 0.2) is 5.13 Å². The molecule has 0 aliphatic carbocycles. The molecular weight excluding hydrogens is 387 g/mol. The second kappa shape index (κ2) is 6.60. The monoisotopic (exact) mass is 401 g/mol. The van der Waals surface area contributed by atoms with E-state index < -0.39 is 29.1 Å². The van der Waals surface area contributed by atoms with Gasteiger partial charge in [-0.25, -0.2) is 9.97 Å². The predicted molar refractivity (Wildman–Crippen MR) is 94.4 cm³/mol. The van der Waals surface area contributed by atoms with Crippen LogP contribution in [0.2, 0.25) is 0 Å². The Balaban J connectivity index is 1.85. The molecule has 2 N–H and O–H groups in total. The van der Waals surface area contributed by atoms with E-state index in [1.54, 1.807) is 6.07 Å². The Morgan fingerprint density at radius 2 is 2.00 bits per heavy atom. The molecular formula is C16H14F3N3O2S2. The van der Waals surface area contributed by atoms with Gasteiger partial charge in [-0.15, -0.1) is 11.3 Å². The number of rotatable bonds is 4. The van der Waals surface area contributed by atoms with E-state index in [1.807, 2.05) is 19.1 Å². The molecule has 0 spiro atoms. The Hall–Kier alpha value is -2.04. The average molecular weight is 401 g/mol. The fourth-order valence-corrected chi connectivity index (χ4v) is 4.25. The van der Waals surface area contributed by atoms with E-state index in [2.05, 4.69) is 15.3 Å². The third-order valence-electron chi connectivity index (χ3n) is 3.73. The minimum Gasteiger partial charge on any atom is -0.374 e. The van der Waals surface area contributed by atoms with Crippen molar-refractivity contribution < 1.29 is 23.1 Å². The number of carbonyl (C=O) groups excluding carboxylic acids is 1. The molecule has 3 aromatic rings. The molecule has 0 fully saturated rings. The molecule has 0 radical (unpaired) electrons. The summed E-state index contributed by atoms with van der Waals surface area (Å²) < 4.78 is 41.1. The number of para-hydroxylation sites is 1. The van der Waals surface area contributed by atoms with Crippen LogP contribution in [0.15, 0.2) is 23.6 Å². The van der Waals surface area contributed by atoms with Crippen LogP contribution in [0.25, 0.3) is 10.2 Å². The number of thiazole rings is 2. The van der Waals surface area contributed by atoms with Gasteiger partial charge in [0.1, 0.15) is 5.01 Å². The van der Waals surface area contributed by atoms with Crippen LogP contribution in [0.4, 0.5) is 18.3 Å². The minimum absolute atomic E-state index is 0.180. The normalized spacial score (nSPS) is 14.4. The zero-order chi connectivity index (χ0) is 19.1. The topological polar surface area (TPSA) is 75.1 Å². The lowest BCUT2D eigenvalue weighted by Crippen LogP contribution is -2.45. The number of carbonyl (C=O) groups is 1. The lowest BCUT2D eigenvalue weighted by atomic mass is 9.99. The number of alkyl halides is 3. The molecule has 26 heavy (non-hydrogen) atoms. The number of anilines is 1. The van der Waals surface area contributed by atoms with Crippen molar-refractivity contribution in [3.05, 3.63) is 39.8 Å². The zero-order valence-corrected chi connectivity index (χ0v) is 15.3. The number of halogens is 3. The molecule has 0 saturated heterocycles. The second-order valence-electron chi connectivity index (χ2n) is 5.82. The largest absolute Gasteiger partial charge is 0.424 e. The van der Waals surface area contributed by atoms with Crippen LogP contribution in [0.1, 0.15) is 22.7 Å². The van der Waals surface area contributed by atoms with E-state index in [-0.39, 0.29) is 5.13 Å². The molecule has 10 heteroatoms. The average Bonchev–Trinajstić information content (AvgIpc) is 3.13. The molecule has 138 valence electrons. The predicted octanol–water partition coefficient (Wildman–Crippen LogP) is 4.15. The first-order valence-electron chi connectivity index (χ1n) is 7.48. The van der Waals surface area contributed by atoms with E-state index in [4.69, 9.17) is 0 Å². The van der Waals surface area contributed by atoms with E-state index in [9.17, 15) is 23.1 Å². The van der Waals surface area contributed by atoms with Crippen molar-refractivity contribution in [2.45, 2.75) is 32.0 Å². The molecule has 1 unspecified atom stereocenters. The van der Waals surface area contributed by atoms with E-state index in [1.165, 1.54) is 12.3 Å². The molecule has 0 saturated carbocycles. The summed E-state index contributed by atoms with van der Waals surface area (Å²) in [5, 5.41) is 13.6. The number of aromatic nitrogens is 2. The fraction of sp³-hybridized carbons (Fsp3) is 0.312. The number of nitrogens with one attached hydrogen (secondary N) is 1. The van der Waals surface area contributed by atoms with Gasteiger partial charge in [0.25, 0.3) is 0 Å². The number of benzene rings is 1. The minimum atomic E-state index is -5.04. The Morgan fingerprint density at radius 3 is 2.58 bits per heavy atom. The van der Waals surface area contributed by atoms with Crippen LogP contribution in [0.3, 0.4) is 0 Å². The highest BCUT2D eigenvalue weighted by Gasteiger charge is 2.58. The molecule has 2 aromatic heterocycles. The molecule has 1 amide bonds. The van der Waals surface area contributed by atoms with Gasteiger partial charge < -0.3 is 10.4 Å². The number of nitrogens with zero attached hydrogens (tertiary/aromatic N) is 2. The third kappa shape index (κ3) is 3.44. The maximum atomic E-state index is 13.4. The lowest BCUT2D eigenvalue weighted by Gasteiger charge is -2.27. The van der Waals surface area contributed by atoms with E-state index in [0.29, 0.717) is 22.5 Å². The smallest absolute Gasteiger partial charge is 0.374 e. The number of amides is 1. The van der Waals surface area contributed by atoms with Gasteiger partial charge in [-0.3, -0.25) is 4.79 Å². The quantitative estimate of drug-likeness (QED) is 0.689. The van der Waals surface area contributed by atoms with Crippen LogP contribution in [-0.4, -0.2) is 27.2 Å². The number of hydrogen-bond donors (Lipinski definition) is 2. The van der Waals surface area contributed by atoms with Crippen molar-refractivity contribution in [3.63, 3.8) is 0 Å². The van der Waals surface area contributed by atoms with Crippen LogP contribution < -0.4 is 5.32 Å². The summed E-state index contributed by atoms with van der Waals surface area (Å²) in [4.78, 5) is 20.1. The molecule has 1 atom stereocenters. The van der Waals surface area contributed by atoms with Crippen molar-refractivity contribution in [1.29, 1.82) is 0 Å². The zero-order valence-electron chi connectivity index (χ0n) is 13.7. The Bertz CT molecular complexity index is 967. The summed E-state index contributed by atoms with van der Waals surface area (Å²) >= 11 is 1.82. The summed E-state index contributed by atoms with van der Waals surface area (Å²) in [7, 11) is 0. The maximum Gasteiger partial charge on any atom is 0.424 e. The molecule has 2 heterocycles. The summed E-state index contributed by atoms with van der Waals surface area (Å²) in [6.45, 7) is 3.36. The first-order valence-corrected chi connectivity index (χ1v) is 9.17. The Labute approximate surface area is 154 Å². The van der Waals surface area contributed by atoms with Gasteiger partial charge in [-0.2, -0.15) is 13.2 Å². The van der Waals surface area contributed by atoms with Crippen molar-refractivity contribution in [3.8, 4) is 0 Å². The molecule has 3 rings (SSSR count). The van der Waals surface area contributed by atoms with Gasteiger partial charge in [-0.05, 0) is 25.5 Å². The molecule has 5 nitrogen and oxygen atoms in total. The molecule has 0 aliphatic heterocycles.